The number of allylic oxidation sites excluding steroid dienone is 1. The molecule has 2 saturated heterocycles. The molecule has 2 aromatic carbocycles. The van der Waals surface area contributed by atoms with E-state index in [0.717, 1.165) is 62.5 Å². The van der Waals surface area contributed by atoms with Gasteiger partial charge in [-0.1, -0.05) is 36.7 Å². The predicted molar refractivity (Wildman–Crippen MR) is 214 cm³/mol. The summed E-state index contributed by atoms with van der Waals surface area (Å²) in [6.45, 7) is 9.88. The van der Waals surface area contributed by atoms with E-state index in [9.17, 15) is 18.9 Å². The Morgan fingerprint density at radius 3 is 2.80 bits per heavy atom. The van der Waals surface area contributed by atoms with E-state index < -0.39 is 26.5 Å². The molecule has 4 aliphatic heterocycles. The summed E-state index contributed by atoms with van der Waals surface area (Å²) in [7, 11) is -3.04. The number of nitrogens with one attached hydrogen (secondary N) is 1. The Morgan fingerprint density at radius 1 is 1.13 bits per heavy atom. The number of morpholine rings is 1. The molecule has 2 N–H and O–H groups in total. The molecule has 292 valence electrons. The van der Waals surface area contributed by atoms with Crippen molar-refractivity contribution in [2.24, 2.45) is 17.8 Å². The molecule has 4 heterocycles. The average Bonchev–Trinajstić information content (AvgIpc) is 3.28. The van der Waals surface area contributed by atoms with Crippen LogP contribution in [0.4, 0.5) is 5.69 Å². The predicted octanol–water partition coefficient (Wildman–Crippen LogP) is 4.85. The molecule has 3 fully saturated rings. The zero-order chi connectivity index (χ0) is 37.8. The van der Waals surface area contributed by atoms with Crippen LogP contribution in [-0.2, 0) is 31.1 Å². The molecule has 2 amide bonds. The van der Waals surface area contributed by atoms with Crippen molar-refractivity contribution in [1.82, 2.24) is 14.5 Å². The molecular formula is C42H55ClN4O6S. The SMILES string of the molecule is C=S1(=O)NC(=O)c2ccc3c(c2)N(C[C@@H]2CC[C@H]2[C@](O)(CC(=O)N2CCN4CCOC[C@H]4C2)/C=C/C[C@H](C)[C@H]1C)C[C@@]1(CCCc2cc(Cl)ccc21)CO3. The van der Waals surface area contributed by atoms with Crippen LogP contribution >= 0.6 is 11.6 Å². The molecule has 2 aromatic rings. The van der Waals surface area contributed by atoms with Crippen LogP contribution in [0, 0.1) is 17.8 Å². The summed E-state index contributed by atoms with van der Waals surface area (Å²) in [4.78, 5) is 34.6. The van der Waals surface area contributed by atoms with Crippen LogP contribution in [0.15, 0.2) is 48.6 Å². The zero-order valence-corrected chi connectivity index (χ0v) is 33.2. The van der Waals surface area contributed by atoms with Gasteiger partial charge in [-0.05, 0) is 111 Å². The lowest BCUT2D eigenvalue weighted by Gasteiger charge is -2.50. The van der Waals surface area contributed by atoms with Gasteiger partial charge >= 0.3 is 0 Å². The number of fused-ring (bicyclic) bond motifs is 5. The van der Waals surface area contributed by atoms with Crippen molar-refractivity contribution in [3.05, 3.63) is 70.3 Å². The Morgan fingerprint density at radius 2 is 1.98 bits per heavy atom. The maximum atomic E-state index is 14.1. The molecule has 2 aliphatic carbocycles. The van der Waals surface area contributed by atoms with Crippen LogP contribution in [-0.4, -0.2) is 113 Å². The van der Waals surface area contributed by atoms with Gasteiger partial charge in [0.2, 0.25) is 5.91 Å². The lowest BCUT2D eigenvalue weighted by molar-refractivity contribution is -0.145. The van der Waals surface area contributed by atoms with E-state index in [4.69, 9.17) is 21.1 Å². The molecule has 2 bridgehead atoms. The summed E-state index contributed by atoms with van der Waals surface area (Å²) in [5.74, 6) is 4.06. The van der Waals surface area contributed by atoms with Crippen LogP contribution in [0.25, 0.3) is 0 Å². The Kier molecular flexibility index (Phi) is 10.3. The molecule has 12 heteroatoms. The van der Waals surface area contributed by atoms with E-state index in [1.807, 2.05) is 49.1 Å². The van der Waals surface area contributed by atoms with Crippen LogP contribution < -0.4 is 14.4 Å². The molecule has 6 aliphatic rings. The highest BCUT2D eigenvalue weighted by molar-refractivity contribution is 7.99. The Balaban J connectivity index is 1.16. The third kappa shape index (κ3) is 7.20. The molecule has 1 saturated carbocycles. The van der Waals surface area contributed by atoms with Gasteiger partial charge in [0.25, 0.3) is 5.91 Å². The maximum absolute atomic E-state index is 14.1. The fraction of sp³-hybridized carbons (Fsp3) is 0.595. The smallest absolute Gasteiger partial charge is 0.262 e. The van der Waals surface area contributed by atoms with Crippen molar-refractivity contribution in [2.45, 2.75) is 81.1 Å². The number of amides is 2. The highest BCUT2D eigenvalue weighted by Gasteiger charge is 2.49. The molecule has 10 nitrogen and oxygen atoms in total. The first-order valence-electron chi connectivity index (χ1n) is 19.8. The van der Waals surface area contributed by atoms with Crippen LogP contribution in [0.1, 0.15) is 73.9 Å². The number of hydrogen-bond acceptors (Lipinski definition) is 8. The summed E-state index contributed by atoms with van der Waals surface area (Å²) in [5.41, 5.74) is 2.01. The van der Waals surface area contributed by atoms with Crippen molar-refractivity contribution in [3.8, 4) is 5.75 Å². The molecule has 1 unspecified atom stereocenters. The van der Waals surface area contributed by atoms with Crippen LogP contribution in [0.3, 0.4) is 0 Å². The second-order valence-electron chi connectivity index (χ2n) is 17.0. The number of aliphatic hydroxyl groups is 1. The molecule has 8 rings (SSSR count). The molecule has 0 aromatic heterocycles. The Labute approximate surface area is 325 Å². The third-order valence-corrected chi connectivity index (χ3v) is 16.1. The van der Waals surface area contributed by atoms with Gasteiger partial charge in [-0.15, -0.1) is 0 Å². The topological polar surface area (TPSA) is 112 Å². The summed E-state index contributed by atoms with van der Waals surface area (Å²) < 4.78 is 29.2. The van der Waals surface area contributed by atoms with Gasteiger partial charge in [0.1, 0.15) is 5.75 Å². The number of rotatable bonds is 2. The normalized spacial score (nSPS) is 36.4. The standard InChI is InChI=1S/C42H55ClN4O6S/c1-28-6-4-15-42(50,22-39(48)46-17-16-45-18-19-52-25-34(45)24-46)36-11-8-32(36)23-47-26-41(14-5-7-30-20-33(43)10-12-35(30)41)27-53-38-13-9-31(21-37(38)47)40(49)44-54(3,51)29(28)2/h4,9-10,12-13,15,20-21,28-29,32,34,36,50H,3,5-8,11,14,16-19,22-27H2,1-2H3,(H,44,49,51)/b15-4+/t28-,29+,32-,34+,36+,41-,42+,54?/m0/s1. The number of hydrogen-bond donors (Lipinski definition) is 2. The number of piperazine rings is 1. The molecule has 54 heavy (non-hydrogen) atoms. The lowest BCUT2D eigenvalue weighted by atomic mass is 9.63. The van der Waals surface area contributed by atoms with E-state index in [1.165, 1.54) is 11.1 Å². The Hall–Kier alpha value is -3.09. The number of carbonyl (C=O) groups is 2. The summed E-state index contributed by atoms with van der Waals surface area (Å²) in [6.07, 6.45) is 8.95. The minimum atomic E-state index is -3.04. The fourth-order valence-corrected chi connectivity index (χ4v) is 11.7. The highest BCUT2D eigenvalue weighted by atomic mass is 35.5. The first-order chi connectivity index (χ1) is 25.8. The average molecular weight is 779 g/mol. The molecule has 8 atom stereocenters. The fourth-order valence-electron chi connectivity index (χ4n) is 9.99. The number of ether oxygens (including phenoxy) is 2. The molecular weight excluding hydrogens is 724 g/mol. The molecule has 1 spiro atoms. The van der Waals surface area contributed by atoms with Gasteiger partial charge in [0, 0.05) is 60.5 Å². The number of anilines is 1. The van der Waals surface area contributed by atoms with Crippen LogP contribution in [0.5, 0.6) is 5.75 Å². The van der Waals surface area contributed by atoms with E-state index in [2.05, 4.69) is 32.5 Å². The van der Waals surface area contributed by atoms with Gasteiger partial charge in [0.15, 0.2) is 0 Å². The van der Waals surface area contributed by atoms with Crippen molar-refractivity contribution in [3.63, 3.8) is 0 Å². The number of aryl methyl sites for hydroxylation is 1. The van der Waals surface area contributed by atoms with Gasteiger partial charge < -0.3 is 24.4 Å². The minimum absolute atomic E-state index is 0.00618. The van der Waals surface area contributed by atoms with E-state index in [-0.39, 0.29) is 41.5 Å². The number of carbonyl (C=O) groups excluding carboxylic acids is 2. The van der Waals surface area contributed by atoms with E-state index in [0.29, 0.717) is 57.1 Å². The lowest BCUT2D eigenvalue weighted by Crippen LogP contribution is -2.60. The van der Waals surface area contributed by atoms with Gasteiger partial charge in [-0.2, -0.15) is 0 Å². The largest absolute Gasteiger partial charge is 0.490 e. The first kappa shape index (κ1) is 37.8. The number of halogens is 1. The first-order valence-corrected chi connectivity index (χ1v) is 22.0. The summed E-state index contributed by atoms with van der Waals surface area (Å²) in [6, 6.07) is 11.8. The van der Waals surface area contributed by atoms with Crippen LogP contribution in [0.2, 0.25) is 5.02 Å². The van der Waals surface area contributed by atoms with E-state index in [1.54, 1.807) is 6.07 Å². The molecule has 0 radical (unpaired) electrons. The van der Waals surface area contributed by atoms with Gasteiger partial charge in [-0.25, -0.2) is 4.21 Å². The van der Waals surface area contributed by atoms with Crippen molar-refractivity contribution in [1.29, 1.82) is 0 Å². The Bertz CT molecular complexity index is 1920. The maximum Gasteiger partial charge on any atom is 0.262 e. The highest BCUT2D eigenvalue weighted by Crippen LogP contribution is 2.49. The zero-order valence-electron chi connectivity index (χ0n) is 31.6. The van der Waals surface area contributed by atoms with Crippen molar-refractivity contribution >= 4 is 44.7 Å². The summed E-state index contributed by atoms with van der Waals surface area (Å²) >= 11 is 6.49. The quantitative estimate of drug-likeness (QED) is 0.329. The van der Waals surface area contributed by atoms with Crippen molar-refractivity contribution in [2.75, 3.05) is 64.0 Å². The second kappa shape index (κ2) is 14.8. The minimum Gasteiger partial charge on any atom is -0.490 e. The summed E-state index contributed by atoms with van der Waals surface area (Å²) in [5, 5.41) is 13.0. The third-order valence-electron chi connectivity index (χ3n) is 13.6. The van der Waals surface area contributed by atoms with E-state index >= 15 is 0 Å². The number of nitrogens with zero attached hydrogens (tertiary/aromatic N) is 3. The van der Waals surface area contributed by atoms with Crippen molar-refractivity contribution < 1.29 is 28.4 Å². The number of benzene rings is 2. The second-order valence-corrected chi connectivity index (χ2v) is 19.8. The van der Waals surface area contributed by atoms with Gasteiger partial charge in [-0.3, -0.25) is 19.2 Å². The van der Waals surface area contributed by atoms with Gasteiger partial charge in [0.05, 0.1) is 53.3 Å². The monoisotopic (exact) mass is 778 g/mol.